The van der Waals surface area contributed by atoms with E-state index in [-0.39, 0.29) is 0 Å². The van der Waals surface area contributed by atoms with E-state index < -0.39 is 28.4 Å². The Morgan fingerprint density at radius 2 is 2.10 bits per heavy atom. The number of rotatable bonds is 4. The Morgan fingerprint density at radius 3 is 2.81 bits per heavy atom. The molecule has 0 fully saturated rings. The zero-order valence-electron chi connectivity index (χ0n) is 11.2. The Hall–Kier alpha value is -1.03. The largest absolute Gasteiger partial charge is 0.490 e. The third-order valence-corrected chi connectivity index (χ3v) is 5.48. The lowest BCUT2D eigenvalue weighted by Crippen LogP contribution is -2.32. The van der Waals surface area contributed by atoms with E-state index in [0.717, 1.165) is 28.9 Å². The predicted octanol–water partition coefficient (Wildman–Crippen LogP) is 2.79. The van der Waals surface area contributed by atoms with Crippen molar-refractivity contribution in [3.63, 3.8) is 0 Å². The Labute approximate surface area is 138 Å². The maximum atomic E-state index is 9.60. The number of hydrogen-bond acceptors (Lipinski definition) is 5. The molecule has 108 valence electrons. The first-order valence-corrected chi connectivity index (χ1v) is 8.56. The summed E-state index contributed by atoms with van der Waals surface area (Å²) < 4.78 is 11.6. The van der Waals surface area contributed by atoms with E-state index in [1.165, 1.54) is 7.11 Å². The first-order chi connectivity index (χ1) is 10.2. The van der Waals surface area contributed by atoms with E-state index in [9.17, 15) is 5.02 Å². The standard InChI is InChI=1S/C13H12BClIN3O2/c1-21-14(20)10-4-2-9(3-5-10)8-19-13-11(15)6-17-7-12(13)18-16-19/h2-7,20H,8H2,1H3. The lowest BCUT2D eigenvalue weighted by molar-refractivity contribution is 0.341. The summed E-state index contributed by atoms with van der Waals surface area (Å²) in [4.78, 5) is 4.06. The second-order valence-corrected chi connectivity index (χ2v) is 6.98. The first-order valence-electron chi connectivity index (χ1n) is 6.25. The van der Waals surface area contributed by atoms with Gasteiger partial charge in [0.25, 0.3) is 0 Å². The number of halogens is 2. The molecular weight excluding hydrogens is 403 g/mol. The minimum atomic E-state index is -0.880. The number of pyridine rings is 1. The lowest BCUT2D eigenvalue weighted by atomic mass is 9.79. The van der Waals surface area contributed by atoms with Gasteiger partial charge in [0.1, 0.15) is 27.0 Å². The summed E-state index contributed by atoms with van der Waals surface area (Å²) in [7, 11) is 0.594. The maximum Gasteiger partial charge on any atom is 0.490 e. The van der Waals surface area contributed by atoms with Gasteiger partial charge < -0.3 is 9.68 Å². The van der Waals surface area contributed by atoms with Gasteiger partial charge in [0.05, 0.1) is 23.5 Å². The minimum Gasteiger partial charge on any atom is -0.423 e. The van der Waals surface area contributed by atoms with Gasteiger partial charge in [-0.1, -0.05) is 35.9 Å². The molecule has 1 N–H and O–H groups in total. The highest BCUT2D eigenvalue weighted by Gasteiger charge is 2.20. The van der Waals surface area contributed by atoms with Crippen molar-refractivity contribution in [1.82, 2.24) is 4.98 Å². The van der Waals surface area contributed by atoms with Crippen LogP contribution in [0.15, 0.2) is 39.8 Å². The van der Waals surface area contributed by atoms with Crippen molar-refractivity contribution in [3.8, 4) is 0 Å². The summed E-state index contributed by atoms with van der Waals surface area (Å²) in [5, 5.41) is 10.2. The fraction of sp³-hybridized carbons (Fsp3) is 0.154. The molecule has 0 aliphatic carbocycles. The smallest absolute Gasteiger partial charge is 0.423 e. The van der Waals surface area contributed by atoms with Crippen molar-refractivity contribution in [2.75, 3.05) is 10.2 Å². The van der Waals surface area contributed by atoms with Gasteiger partial charge in [-0.2, -0.15) is 0 Å². The summed E-state index contributed by atoms with van der Waals surface area (Å²) in [5.41, 5.74) is 3.73. The second kappa shape index (κ2) is 6.39. The highest BCUT2D eigenvalue weighted by Crippen LogP contribution is 2.46. The van der Waals surface area contributed by atoms with Crippen LogP contribution in [0.2, 0.25) is 5.02 Å². The fourth-order valence-electron chi connectivity index (χ4n) is 2.03. The van der Waals surface area contributed by atoms with Crippen LogP contribution in [0.5, 0.6) is 0 Å². The third kappa shape index (κ3) is 3.10. The Morgan fingerprint density at radius 1 is 1.33 bits per heavy atom. The molecule has 0 amide bonds. The van der Waals surface area contributed by atoms with Crippen LogP contribution in [0.3, 0.4) is 0 Å². The molecule has 0 bridgehead atoms. The topological polar surface area (TPSA) is 58.0 Å². The summed E-state index contributed by atoms with van der Waals surface area (Å²) in [6, 6.07) is 7.69. The molecule has 1 aromatic heterocycles. The maximum absolute atomic E-state index is 9.60. The molecule has 21 heavy (non-hydrogen) atoms. The molecule has 5 nitrogen and oxygen atoms in total. The van der Waals surface area contributed by atoms with Gasteiger partial charge in [0.15, 0.2) is 0 Å². The Balaban J connectivity index is 1.79. The third-order valence-electron chi connectivity index (χ3n) is 3.13. The van der Waals surface area contributed by atoms with E-state index in [2.05, 4.69) is 11.2 Å². The van der Waals surface area contributed by atoms with Crippen molar-refractivity contribution in [3.05, 3.63) is 47.2 Å². The average molecular weight is 415 g/mol. The van der Waals surface area contributed by atoms with Crippen molar-refractivity contribution in [1.29, 1.82) is 0 Å². The molecule has 8 heteroatoms. The molecule has 1 aromatic carbocycles. The number of nitrogens with zero attached hydrogens (tertiary/aromatic N) is 3. The highest BCUT2D eigenvalue weighted by molar-refractivity contribution is 14.2. The van der Waals surface area contributed by atoms with Crippen LogP contribution in [-0.4, -0.2) is 24.2 Å². The summed E-state index contributed by atoms with van der Waals surface area (Å²) >= 11 is 5.76. The molecule has 0 spiro atoms. The monoisotopic (exact) mass is 415 g/mol. The highest BCUT2D eigenvalue weighted by atomic mass is 127. The normalized spacial score (nSPS) is 13.0. The van der Waals surface area contributed by atoms with Gasteiger partial charge >= 0.3 is 7.12 Å². The summed E-state index contributed by atoms with van der Waals surface area (Å²) in [6.07, 6.45) is 3.40. The van der Waals surface area contributed by atoms with Crippen molar-refractivity contribution >= 4 is 56.9 Å². The molecular formula is C13H12BClIN3O2. The van der Waals surface area contributed by atoms with Crippen molar-refractivity contribution in [2.24, 2.45) is 3.15 Å². The van der Waals surface area contributed by atoms with Crippen molar-refractivity contribution in [2.45, 2.75) is 6.54 Å². The molecule has 0 unspecified atom stereocenters. The summed E-state index contributed by atoms with van der Waals surface area (Å²) in [6.45, 7) is 0.747. The second-order valence-electron chi connectivity index (χ2n) is 4.50. The van der Waals surface area contributed by atoms with Crippen LogP contribution in [0, 0.1) is 0 Å². The number of fused-ring (bicyclic) bond motifs is 1. The molecule has 0 radical (unpaired) electrons. The average Bonchev–Trinajstić information content (AvgIpc) is 2.92. The molecule has 2 heterocycles. The zero-order chi connectivity index (χ0) is 14.8. The van der Waals surface area contributed by atoms with Gasteiger partial charge in [-0.3, -0.25) is 8.10 Å². The van der Waals surface area contributed by atoms with E-state index >= 15 is 0 Å². The molecule has 0 atom stereocenters. The van der Waals surface area contributed by atoms with Gasteiger partial charge in [-0.25, -0.2) is 3.15 Å². The van der Waals surface area contributed by atoms with Gasteiger partial charge in [-0.15, -0.1) is 0 Å². The van der Waals surface area contributed by atoms with E-state index in [4.69, 9.17) is 16.3 Å². The molecule has 1 aliphatic rings. The van der Waals surface area contributed by atoms with Crippen LogP contribution >= 0.6 is 32.9 Å². The fourth-order valence-corrected chi connectivity index (χ4v) is 4.55. The molecule has 0 saturated carbocycles. The SMILES string of the molecule is COB(O)c1ccc(CN2I=Nc3cncc(Cl)c32)cc1. The number of hydrogen-bond donors (Lipinski definition) is 1. The first kappa shape index (κ1) is 14.9. The van der Waals surface area contributed by atoms with E-state index in [1.54, 1.807) is 12.4 Å². The van der Waals surface area contributed by atoms with Crippen LogP contribution < -0.4 is 8.58 Å². The zero-order valence-corrected chi connectivity index (χ0v) is 14.1. The predicted molar refractivity (Wildman–Crippen MR) is 92.6 cm³/mol. The number of aromatic nitrogens is 1. The van der Waals surface area contributed by atoms with Crippen molar-refractivity contribution < 1.29 is 9.68 Å². The van der Waals surface area contributed by atoms with Crippen LogP contribution in [0.1, 0.15) is 5.56 Å². The van der Waals surface area contributed by atoms with Crippen LogP contribution in [-0.2, 0) is 11.2 Å². The van der Waals surface area contributed by atoms with Gasteiger partial charge in [-0.05, 0) is 11.0 Å². The molecule has 3 rings (SSSR count). The number of anilines is 1. The van der Waals surface area contributed by atoms with Crippen LogP contribution in [0.25, 0.3) is 0 Å². The molecule has 1 aliphatic heterocycles. The minimum absolute atomic E-state index is 0.460. The lowest BCUT2D eigenvalue weighted by Gasteiger charge is -2.16. The number of benzene rings is 1. The van der Waals surface area contributed by atoms with Crippen LogP contribution in [0.4, 0.5) is 11.4 Å². The molecule has 0 saturated heterocycles. The Bertz CT molecular complexity index is 684. The molecule has 2 aromatic rings. The van der Waals surface area contributed by atoms with E-state index in [1.807, 2.05) is 24.3 Å². The Kier molecular flexibility index (Phi) is 4.53. The van der Waals surface area contributed by atoms with Gasteiger partial charge in [0.2, 0.25) is 0 Å². The van der Waals surface area contributed by atoms with E-state index in [0.29, 0.717) is 5.02 Å². The summed E-state index contributed by atoms with van der Waals surface area (Å²) in [5.74, 6) is 0. The quantitative estimate of drug-likeness (QED) is 0.474. The van der Waals surface area contributed by atoms with Gasteiger partial charge in [0, 0.05) is 13.3 Å².